The second kappa shape index (κ2) is 5.80. The molecule has 2 atom stereocenters. The van der Waals surface area contributed by atoms with E-state index in [0.717, 1.165) is 30.2 Å². The number of carbonyl (C=O) groups excluding carboxylic acids is 1. The summed E-state index contributed by atoms with van der Waals surface area (Å²) in [6.45, 7) is 0. The first-order chi connectivity index (χ1) is 13.2. The molecule has 1 nitrogen and oxygen atoms in total. The van der Waals surface area contributed by atoms with Gasteiger partial charge in [-0.3, -0.25) is 4.79 Å². The molecule has 1 spiro atoms. The van der Waals surface area contributed by atoms with Crippen molar-refractivity contribution in [2.45, 2.75) is 75.5 Å². The lowest BCUT2D eigenvalue weighted by molar-refractivity contribution is 0.0940. The molecule has 2 fully saturated rings. The van der Waals surface area contributed by atoms with Crippen LogP contribution in [0.15, 0.2) is 42.0 Å². The first-order valence-electron chi connectivity index (χ1n) is 11.0. The van der Waals surface area contributed by atoms with Crippen molar-refractivity contribution in [3.8, 4) is 0 Å². The lowest BCUT2D eigenvalue weighted by atomic mass is 9.62. The van der Waals surface area contributed by atoms with Crippen molar-refractivity contribution in [2.75, 3.05) is 0 Å². The van der Waals surface area contributed by atoms with E-state index in [1.807, 2.05) is 0 Å². The van der Waals surface area contributed by atoms with Crippen molar-refractivity contribution in [2.24, 2.45) is 5.92 Å². The Bertz CT molecular complexity index is 975. The monoisotopic (exact) mass is 356 g/mol. The van der Waals surface area contributed by atoms with Crippen LogP contribution in [-0.2, 0) is 5.41 Å². The van der Waals surface area contributed by atoms with E-state index in [0.29, 0.717) is 5.78 Å². The average Bonchev–Trinajstić information content (AvgIpc) is 3.32. The van der Waals surface area contributed by atoms with Gasteiger partial charge in [-0.1, -0.05) is 49.1 Å². The Morgan fingerprint density at radius 2 is 1.85 bits per heavy atom. The summed E-state index contributed by atoms with van der Waals surface area (Å²) in [6, 6.07) is 11.7. The molecule has 4 aliphatic rings. The summed E-state index contributed by atoms with van der Waals surface area (Å²) in [5, 5.41) is 2.61. The number of carbonyl (C=O) groups is 1. The topological polar surface area (TPSA) is 17.1 Å². The molecule has 2 saturated carbocycles. The number of hydrogen-bond acceptors (Lipinski definition) is 1. The van der Waals surface area contributed by atoms with E-state index in [2.05, 4.69) is 36.4 Å². The number of fused-ring (bicyclic) bond motifs is 6. The van der Waals surface area contributed by atoms with Gasteiger partial charge < -0.3 is 0 Å². The molecule has 0 aromatic heterocycles. The summed E-state index contributed by atoms with van der Waals surface area (Å²) in [5.41, 5.74) is 5.85. The molecule has 2 aromatic rings. The van der Waals surface area contributed by atoms with Gasteiger partial charge in [-0.2, -0.15) is 0 Å². The molecule has 2 aromatic carbocycles. The van der Waals surface area contributed by atoms with Gasteiger partial charge in [0.05, 0.1) is 0 Å². The highest BCUT2D eigenvalue weighted by Gasteiger charge is 2.51. The summed E-state index contributed by atoms with van der Waals surface area (Å²) >= 11 is 0. The Kier molecular flexibility index (Phi) is 3.46. The number of allylic oxidation sites excluding steroid dienone is 2. The Morgan fingerprint density at radius 3 is 2.63 bits per heavy atom. The number of ketones is 1. The van der Waals surface area contributed by atoms with Crippen LogP contribution >= 0.6 is 0 Å². The van der Waals surface area contributed by atoms with Crippen LogP contribution in [0.2, 0.25) is 0 Å². The van der Waals surface area contributed by atoms with Crippen molar-refractivity contribution in [3.63, 3.8) is 0 Å². The van der Waals surface area contributed by atoms with Gasteiger partial charge >= 0.3 is 0 Å². The Morgan fingerprint density at radius 1 is 0.963 bits per heavy atom. The van der Waals surface area contributed by atoms with Gasteiger partial charge in [-0.15, -0.1) is 0 Å². The molecular weight excluding hydrogens is 328 g/mol. The van der Waals surface area contributed by atoms with Crippen LogP contribution in [0.3, 0.4) is 0 Å². The second-order valence-electron chi connectivity index (χ2n) is 9.59. The zero-order valence-electron chi connectivity index (χ0n) is 16.1. The third-order valence-corrected chi connectivity index (χ3v) is 8.24. The van der Waals surface area contributed by atoms with Gasteiger partial charge in [0.2, 0.25) is 0 Å². The molecule has 0 heterocycles. The van der Waals surface area contributed by atoms with Crippen LogP contribution in [0.5, 0.6) is 0 Å². The van der Waals surface area contributed by atoms with Gasteiger partial charge in [0.1, 0.15) is 0 Å². The van der Waals surface area contributed by atoms with E-state index < -0.39 is 0 Å². The van der Waals surface area contributed by atoms with Crippen LogP contribution in [0.1, 0.15) is 91.6 Å². The van der Waals surface area contributed by atoms with Gasteiger partial charge in [-0.05, 0) is 84.4 Å². The Hall–Kier alpha value is -1.89. The second-order valence-corrected chi connectivity index (χ2v) is 9.59. The maximum atomic E-state index is 12.8. The quantitative estimate of drug-likeness (QED) is 0.511. The average molecular weight is 357 g/mol. The molecule has 2 unspecified atom stereocenters. The minimum atomic E-state index is 0.252. The summed E-state index contributed by atoms with van der Waals surface area (Å²) in [5.74, 6) is 1.84. The molecule has 2 bridgehead atoms. The molecule has 0 amide bonds. The highest BCUT2D eigenvalue weighted by molar-refractivity contribution is 6.03. The number of Topliss-reactive ketones (excluding diaryl/α,β-unsaturated/α-hetero) is 1. The standard InChI is InChI=1S/C26H28O/c27-25-10-11-26(16-17-6-9-22(26)12-17)24-15-21-13-19(18-4-2-1-3-5-18)7-8-20(21)14-23(24)25/h6-8,13-15,18,22H,1-5,9-12,16H2. The first kappa shape index (κ1) is 16.1. The third kappa shape index (κ3) is 2.33. The SMILES string of the molecule is O=C1CCC2(CC3=CCC2C3)c2cc3cc(C4CCCCC4)ccc3cc21. The van der Waals surface area contributed by atoms with Crippen molar-refractivity contribution >= 4 is 16.6 Å². The fraction of sp³-hybridized carbons (Fsp3) is 0.500. The Labute approximate surface area is 161 Å². The minimum absolute atomic E-state index is 0.252. The molecule has 0 aliphatic heterocycles. The molecule has 4 aliphatic carbocycles. The lowest BCUT2D eigenvalue weighted by Gasteiger charge is -2.41. The van der Waals surface area contributed by atoms with Crippen LogP contribution in [-0.4, -0.2) is 5.78 Å². The van der Waals surface area contributed by atoms with E-state index >= 15 is 0 Å². The van der Waals surface area contributed by atoms with Gasteiger partial charge in [-0.25, -0.2) is 0 Å². The van der Waals surface area contributed by atoms with Crippen molar-refractivity contribution in [1.29, 1.82) is 0 Å². The van der Waals surface area contributed by atoms with E-state index in [1.165, 1.54) is 73.3 Å². The summed E-state index contributed by atoms with van der Waals surface area (Å²) in [6.07, 6.45) is 14.8. The van der Waals surface area contributed by atoms with Gasteiger partial charge in [0.15, 0.2) is 5.78 Å². The third-order valence-electron chi connectivity index (χ3n) is 8.24. The molecule has 0 saturated heterocycles. The predicted molar refractivity (Wildman–Crippen MR) is 110 cm³/mol. The molecule has 6 rings (SSSR count). The normalized spacial score (nSPS) is 30.1. The van der Waals surface area contributed by atoms with Crippen LogP contribution in [0.25, 0.3) is 10.8 Å². The zero-order valence-corrected chi connectivity index (χ0v) is 16.1. The maximum absolute atomic E-state index is 12.8. The molecule has 27 heavy (non-hydrogen) atoms. The molecule has 138 valence electrons. The minimum Gasteiger partial charge on any atom is -0.294 e. The molecule has 0 N–H and O–H groups in total. The van der Waals surface area contributed by atoms with Crippen molar-refractivity contribution in [3.05, 3.63) is 58.7 Å². The van der Waals surface area contributed by atoms with Crippen molar-refractivity contribution in [1.82, 2.24) is 0 Å². The largest absolute Gasteiger partial charge is 0.294 e. The van der Waals surface area contributed by atoms with E-state index in [-0.39, 0.29) is 5.41 Å². The van der Waals surface area contributed by atoms with Gasteiger partial charge in [0, 0.05) is 17.4 Å². The predicted octanol–water partition coefficient (Wildman–Crippen LogP) is 6.84. The summed E-state index contributed by atoms with van der Waals surface area (Å²) < 4.78 is 0. The van der Waals surface area contributed by atoms with E-state index in [4.69, 9.17) is 0 Å². The molecular formula is C26H28O. The van der Waals surface area contributed by atoms with Crippen LogP contribution < -0.4 is 0 Å². The number of hydrogen-bond donors (Lipinski definition) is 0. The summed E-state index contributed by atoms with van der Waals surface area (Å²) in [4.78, 5) is 12.8. The molecule has 1 heteroatoms. The van der Waals surface area contributed by atoms with Crippen LogP contribution in [0, 0.1) is 5.92 Å². The fourth-order valence-corrected chi connectivity index (χ4v) is 6.77. The lowest BCUT2D eigenvalue weighted by Crippen LogP contribution is -2.37. The number of rotatable bonds is 1. The fourth-order valence-electron chi connectivity index (χ4n) is 6.77. The van der Waals surface area contributed by atoms with E-state index in [9.17, 15) is 4.79 Å². The molecule has 0 radical (unpaired) electrons. The Balaban J connectivity index is 1.50. The number of benzene rings is 2. The van der Waals surface area contributed by atoms with Crippen molar-refractivity contribution < 1.29 is 4.79 Å². The smallest absolute Gasteiger partial charge is 0.163 e. The highest BCUT2D eigenvalue weighted by Crippen LogP contribution is 2.59. The van der Waals surface area contributed by atoms with Gasteiger partial charge in [0.25, 0.3) is 0 Å². The highest BCUT2D eigenvalue weighted by atomic mass is 16.1. The first-order valence-corrected chi connectivity index (χ1v) is 11.0. The zero-order chi connectivity index (χ0) is 18.0. The maximum Gasteiger partial charge on any atom is 0.163 e. The van der Waals surface area contributed by atoms with E-state index in [1.54, 1.807) is 5.57 Å². The van der Waals surface area contributed by atoms with Crippen LogP contribution in [0.4, 0.5) is 0 Å². The summed E-state index contributed by atoms with van der Waals surface area (Å²) in [7, 11) is 0.